The van der Waals surface area contributed by atoms with E-state index in [1.807, 2.05) is 0 Å². The SMILES string of the molecule is CCCc1ccc(CC[C@H]2CC[C@H](CCc3cc(F)c(CCc4cc(F)c(Cl)c(F)c4)c(F)c3)CC2)cc1. The molecule has 1 saturated carbocycles. The zero-order chi connectivity index (χ0) is 27.1. The number of hydrogen-bond acceptors (Lipinski definition) is 0. The van der Waals surface area contributed by atoms with Crippen LogP contribution in [0.5, 0.6) is 0 Å². The summed E-state index contributed by atoms with van der Waals surface area (Å²) in [4.78, 5) is 0. The Morgan fingerprint density at radius 3 is 1.50 bits per heavy atom. The summed E-state index contributed by atoms with van der Waals surface area (Å²) < 4.78 is 56.8. The molecule has 0 aliphatic heterocycles. The fourth-order valence-corrected chi connectivity index (χ4v) is 5.88. The molecule has 0 nitrogen and oxygen atoms in total. The van der Waals surface area contributed by atoms with Gasteiger partial charge in [-0.05, 0) is 103 Å². The highest BCUT2D eigenvalue weighted by molar-refractivity contribution is 6.30. The summed E-state index contributed by atoms with van der Waals surface area (Å²) >= 11 is 5.51. The van der Waals surface area contributed by atoms with Crippen LogP contribution < -0.4 is 0 Å². The molecule has 0 atom stereocenters. The zero-order valence-electron chi connectivity index (χ0n) is 22.1. The van der Waals surface area contributed by atoms with Crippen LogP contribution in [-0.2, 0) is 32.1 Å². The van der Waals surface area contributed by atoms with Gasteiger partial charge < -0.3 is 0 Å². The molecule has 0 saturated heterocycles. The second kappa shape index (κ2) is 13.6. The van der Waals surface area contributed by atoms with Gasteiger partial charge in [-0.3, -0.25) is 0 Å². The highest BCUT2D eigenvalue weighted by atomic mass is 35.5. The van der Waals surface area contributed by atoms with Crippen molar-refractivity contribution >= 4 is 11.6 Å². The van der Waals surface area contributed by atoms with Crippen molar-refractivity contribution in [2.24, 2.45) is 11.8 Å². The first-order chi connectivity index (χ1) is 18.3. The predicted molar refractivity (Wildman–Crippen MR) is 148 cm³/mol. The third-order valence-corrected chi connectivity index (χ3v) is 8.48. The number of benzene rings is 3. The van der Waals surface area contributed by atoms with Gasteiger partial charge in [0.05, 0.1) is 0 Å². The van der Waals surface area contributed by atoms with Crippen molar-refractivity contribution in [1.29, 1.82) is 0 Å². The van der Waals surface area contributed by atoms with Crippen molar-refractivity contribution in [1.82, 2.24) is 0 Å². The van der Waals surface area contributed by atoms with Crippen molar-refractivity contribution in [3.8, 4) is 0 Å². The van der Waals surface area contributed by atoms with E-state index in [9.17, 15) is 17.6 Å². The molecular weight excluding hydrogens is 508 g/mol. The molecule has 1 fully saturated rings. The Morgan fingerprint density at radius 1 is 0.579 bits per heavy atom. The lowest BCUT2D eigenvalue weighted by Crippen LogP contribution is -2.16. The van der Waals surface area contributed by atoms with Crippen molar-refractivity contribution in [3.63, 3.8) is 0 Å². The quantitative estimate of drug-likeness (QED) is 0.166. The number of halogens is 5. The van der Waals surface area contributed by atoms with Crippen molar-refractivity contribution < 1.29 is 17.6 Å². The molecule has 0 spiro atoms. The van der Waals surface area contributed by atoms with Crippen LogP contribution in [0.3, 0.4) is 0 Å². The van der Waals surface area contributed by atoms with Crippen LogP contribution in [0.2, 0.25) is 5.02 Å². The van der Waals surface area contributed by atoms with Crippen LogP contribution in [-0.4, -0.2) is 0 Å². The molecule has 3 aromatic carbocycles. The number of aryl methyl sites for hydroxylation is 4. The highest BCUT2D eigenvalue weighted by Crippen LogP contribution is 2.34. The molecule has 0 unspecified atom stereocenters. The van der Waals surface area contributed by atoms with E-state index >= 15 is 0 Å². The van der Waals surface area contributed by atoms with Gasteiger partial charge in [0.25, 0.3) is 0 Å². The summed E-state index contributed by atoms with van der Waals surface area (Å²) in [6.45, 7) is 2.21. The van der Waals surface area contributed by atoms with Crippen molar-refractivity contribution in [3.05, 3.63) is 105 Å². The summed E-state index contributed by atoms with van der Waals surface area (Å²) in [7, 11) is 0. The summed E-state index contributed by atoms with van der Waals surface area (Å²) in [6, 6.07) is 14.1. The van der Waals surface area contributed by atoms with Crippen molar-refractivity contribution in [2.75, 3.05) is 0 Å². The second-order valence-electron chi connectivity index (χ2n) is 10.9. The fourth-order valence-electron chi connectivity index (χ4n) is 5.77. The van der Waals surface area contributed by atoms with Gasteiger partial charge in [0, 0.05) is 5.56 Å². The summed E-state index contributed by atoms with van der Waals surface area (Å²) in [5, 5.41) is -0.572. The van der Waals surface area contributed by atoms with E-state index in [0.29, 0.717) is 23.5 Å². The monoisotopic (exact) mass is 544 g/mol. The molecule has 0 aromatic heterocycles. The number of rotatable bonds is 11. The smallest absolute Gasteiger partial charge is 0.145 e. The van der Waals surface area contributed by atoms with E-state index < -0.39 is 28.3 Å². The first-order valence-electron chi connectivity index (χ1n) is 14.0. The molecule has 0 heterocycles. The molecule has 204 valence electrons. The van der Waals surface area contributed by atoms with Crippen LogP contribution in [0, 0.1) is 35.1 Å². The van der Waals surface area contributed by atoms with Crippen LogP contribution in [0.4, 0.5) is 17.6 Å². The fraction of sp³-hybridized carbons (Fsp3) is 0.455. The van der Waals surface area contributed by atoms with E-state index in [2.05, 4.69) is 31.2 Å². The lowest BCUT2D eigenvalue weighted by Gasteiger charge is -2.28. The van der Waals surface area contributed by atoms with Crippen molar-refractivity contribution in [2.45, 2.75) is 84.0 Å². The van der Waals surface area contributed by atoms with Gasteiger partial charge in [0.15, 0.2) is 0 Å². The van der Waals surface area contributed by atoms with Gasteiger partial charge in [0.2, 0.25) is 0 Å². The molecule has 0 radical (unpaired) electrons. The predicted octanol–water partition coefficient (Wildman–Crippen LogP) is 10.0. The first-order valence-corrected chi connectivity index (χ1v) is 14.4. The second-order valence-corrected chi connectivity index (χ2v) is 11.3. The largest absolute Gasteiger partial charge is 0.207 e. The Kier molecular flexibility index (Phi) is 10.3. The van der Waals surface area contributed by atoms with E-state index in [1.54, 1.807) is 0 Å². The van der Waals surface area contributed by atoms with Gasteiger partial charge in [-0.1, -0.05) is 74.9 Å². The third kappa shape index (κ3) is 7.85. The average Bonchev–Trinajstić information content (AvgIpc) is 2.90. The lowest BCUT2D eigenvalue weighted by atomic mass is 9.77. The highest BCUT2D eigenvalue weighted by Gasteiger charge is 2.21. The standard InChI is InChI=1S/C33H37ClF4/c1-2-3-22-4-6-23(7-5-22)8-9-24-10-12-25(13-11-24)14-15-26-18-29(35)28(30(36)19-26)17-16-27-20-31(37)33(34)32(38)21-27/h4-7,18-21,24-25H,2-3,8-17H2,1H3/t24-,25-. The summed E-state index contributed by atoms with van der Waals surface area (Å²) in [6.07, 6.45) is 11.2. The first kappa shape index (κ1) is 28.7. The molecule has 1 aliphatic carbocycles. The van der Waals surface area contributed by atoms with Gasteiger partial charge in [-0.2, -0.15) is 0 Å². The van der Waals surface area contributed by atoms with Gasteiger partial charge >= 0.3 is 0 Å². The molecule has 0 amide bonds. The van der Waals surface area contributed by atoms with Gasteiger partial charge in [-0.25, -0.2) is 17.6 Å². The molecule has 38 heavy (non-hydrogen) atoms. The van der Waals surface area contributed by atoms with E-state index in [0.717, 1.165) is 37.3 Å². The Bertz CT molecular complexity index is 1150. The van der Waals surface area contributed by atoms with Gasteiger partial charge in [0.1, 0.15) is 28.3 Å². The van der Waals surface area contributed by atoms with Crippen LogP contribution in [0.25, 0.3) is 0 Å². The van der Waals surface area contributed by atoms with Crippen LogP contribution in [0.1, 0.15) is 79.7 Å². The molecule has 4 rings (SSSR count). The Balaban J connectivity index is 1.21. The van der Waals surface area contributed by atoms with Gasteiger partial charge in [-0.15, -0.1) is 0 Å². The molecule has 1 aliphatic rings. The minimum absolute atomic E-state index is 0.0192. The molecule has 3 aromatic rings. The summed E-state index contributed by atoms with van der Waals surface area (Å²) in [5.74, 6) is -1.57. The van der Waals surface area contributed by atoms with Crippen LogP contribution >= 0.6 is 11.6 Å². The van der Waals surface area contributed by atoms with E-state index in [-0.39, 0.29) is 18.4 Å². The lowest BCUT2D eigenvalue weighted by molar-refractivity contribution is 0.253. The number of hydrogen-bond donors (Lipinski definition) is 0. The summed E-state index contributed by atoms with van der Waals surface area (Å²) in [5.41, 5.74) is 3.77. The molecule has 0 bridgehead atoms. The maximum absolute atomic E-state index is 14.7. The molecule has 5 heteroatoms. The minimum Gasteiger partial charge on any atom is -0.207 e. The normalized spacial score (nSPS) is 17.6. The Labute approximate surface area is 229 Å². The van der Waals surface area contributed by atoms with E-state index in [1.165, 1.54) is 61.8 Å². The minimum atomic E-state index is -0.871. The third-order valence-electron chi connectivity index (χ3n) is 8.12. The maximum Gasteiger partial charge on any atom is 0.145 e. The topological polar surface area (TPSA) is 0 Å². The van der Waals surface area contributed by atoms with E-state index in [4.69, 9.17) is 11.6 Å². The maximum atomic E-state index is 14.7. The van der Waals surface area contributed by atoms with Crippen LogP contribution in [0.15, 0.2) is 48.5 Å². The Morgan fingerprint density at radius 2 is 1.00 bits per heavy atom. The average molecular weight is 545 g/mol. The molecular formula is C33H37ClF4. The molecule has 0 N–H and O–H groups in total. The zero-order valence-corrected chi connectivity index (χ0v) is 22.9. The Hall–Kier alpha value is -2.33.